The molecule has 6 heteroatoms. The summed E-state index contributed by atoms with van der Waals surface area (Å²) in [5.41, 5.74) is 11.2. The van der Waals surface area contributed by atoms with Crippen LogP contribution in [-0.2, 0) is 4.74 Å². The molecule has 6 nitrogen and oxygen atoms in total. The van der Waals surface area contributed by atoms with E-state index in [4.69, 9.17) is 15.5 Å². The van der Waals surface area contributed by atoms with Crippen LogP contribution < -0.4 is 5.73 Å². The summed E-state index contributed by atoms with van der Waals surface area (Å²) in [5, 5.41) is 7.68. The summed E-state index contributed by atoms with van der Waals surface area (Å²) in [6, 6.07) is 18.6. The second kappa shape index (κ2) is 6.00. The molecule has 130 valence electrons. The fourth-order valence-electron chi connectivity index (χ4n) is 3.48. The minimum atomic E-state index is 0.510. The molecule has 0 spiro atoms. The van der Waals surface area contributed by atoms with Crippen LogP contribution in [0.5, 0.6) is 0 Å². The average molecular weight is 345 g/mol. The molecule has 1 fully saturated rings. The van der Waals surface area contributed by atoms with Crippen molar-refractivity contribution in [2.45, 2.75) is 0 Å². The maximum Gasteiger partial charge on any atom is 0.150 e. The fourth-order valence-corrected chi connectivity index (χ4v) is 3.48. The van der Waals surface area contributed by atoms with Crippen molar-refractivity contribution in [3.63, 3.8) is 0 Å². The Morgan fingerprint density at radius 3 is 2.73 bits per heavy atom. The highest BCUT2D eigenvalue weighted by Crippen LogP contribution is 2.24. The number of amidine groups is 1. The summed E-state index contributed by atoms with van der Waals surface area (Å²) in [7, 11) is 0. The Labute approximate surface area is 150 Å². The normalized spacial score (nSPS) is 16.0. The van der Waals surface area contributed by atoms with Crippen molar-refractivity contribution in [1.82, 2.24) is 14.4 Å². The van der Waals surface area contributed by atoms with Crippen molar-refractivity contribution < 1.29 is 4.74 Å². The number of aromatic nitrogens is 2. The number of hydrazone groups is 1. The van der Waals surface area contributed by atoms with E-state index in [1.54, 1.807) is 0 Å². The smallest absolute Gasteiger partial charge is 0.150 e. The van der Waals surface area contributed by atoms with Crippen molar-refractivity contribution in [2.75, 3.05) is 26.3 Å². The van der Waals surface area contributed by atoms with Gasteiger partial charge in [-0.15, -0.1) is 0 Å². The summed E-state index contributed by atoms with van der Waals surface area (Å²) in [6.45, 7) is 2.91. The van der Waals surface area contributed by atoms with Crippen LogP contribution in [0, 0.1) is 0 Å². The molecule has 4 aromatic rings. The molecule has 0 amide bonds. The molecule has 1 aliphatic heterocycles. The van der Waals surface area contributed by atoms with Gasteiger partial charge < -0.3 is 10.5 Å². The van der Waals surface area contributed by atoms with Gasteiger partial charge in [-0.25, -0.2) is 4.98 Å². The second-order valence-corrected chi connectivity index (χ2v) is 6.45. The van der Waals surface area contributed by atoms with E-state index in [1.807, 2.05) is 29.3 Å². The van der Waals surface area contributed by atoms with E-state index in [2.05, 4.69) is 39.8 Å². The van der Waals surface area contributed by atoms with E-state index in [1.165, 1.54) is 5.39 Å². The largest absolute Gasteiger partial charge is 0.382 e. The van der Waals surface area contributed by atoms with E-state index in [0.29, 0.717) is 19.0 Å². The number of benzene rings is 2. The number of rotatable bonds is 2. The number of imidazole rings is 1. The number of para-hydroxylation sites is 1. The summed E-state index contributed by atoms with van der Waals surface area (Å²) in [5.74, 6) is 0.510. The summed E-state index contributed by atoms with van der Waals surface area (Å²) >= 11 is 0. The lowest BCUT2D eigenvalue weighted by Gasteiger charge is -2.24. The topological polar surface area (TPSA) is 68.1 Å². The first-order valence-electron chi connectivity index (χ1n) is 8.77. The SMILES string of the molecule is N/C(=N/N1CCOCC1)c1ccc2c(c1)nc1ccc3ccccc3n12. The Morgan fingerprint density at radius 2 is 1.85 bits per heavy atom. The number of hydrogen-bond acceptors (Lipinski definition) is 4. The number of ether oxygens (including phenoxy) is 1. The maximum absolute atomic E-state index is 6.23. The van der Waals surface area contributed by atoms with E-state index in [9.17, 15) is 0 Å². The third-order valence-corrected chi connectivity index (χ3v) is 4.80. The molecule has 1 saturated heterocycles. The van der Waals surface area contributed by atoms with Crippen molar-refractivity contribution in [3.8, 4) is 0 Å². The first-order chi connectivity index (χ1) is 12.8. The van der Waals surface area contributed by atoms with Crippen molar-refractivity contribution >= 4 is 33.4 Å². The first kappa shape index (κ1) is 15.2. The second-order valence-electron chi connectivity index (χ2n) is 6.45. The van der Waals surface area contributed by atoms with Gasteiger partial charge in [0.25, 0.3) is 0 Å². The lowest BCUT2D eigenvalue weighted by atomic mass is 10.2. The molecule has 0 saturated carbocycles. The van der Waals surface area contributed by atoms with E-state index in [0.717, 1.165) is 40.9 Å². The van der Waals surface area contributed by atoms with Crippen LogP contribution in [0.15, 0.2) is 59.7 Å². The van der Waals surface area contributed by atoms with E-state index < -0.39 is 0 Å². The van der Waals surface area contributed by atoms with Gasteiger partial charge in [-0.05, 0) is 41.8 Å². The zero-order chi connectivity index (χ0) is 17.5. The third kappa shape index (κ3) is 2.46. The van der Waals surface area contributed by atoms with E-state index in [-0.39, 0.29) is 0 Å². The Bertz CT molecular complexity index is 1140. The molecule has 0 unspecified atom stereocenters. The van der Waals surface area contributed by atoms with Gasteiger partial charge in [0.2, 0.25) is 0 Å². The summed E-state index contributed by atoms with van der Waals surface area (Å²) < 4.78 is 7.53. The van der Waals surface area contributed by atoms with Crippen LogP contribution in [0.1, 0.15) is 5.56 Å². The number of fused-ring (bicyclic) bond motifs is 5. The first-order valence-corrected chi connectivity index (χ1v) is 8.77. The number of hydrogen-bond donors (Lipinski definition) is 1. The highest BCUT2D eigenvalue weighted by Gasteiger charge is 2.12. The van der Waals surface area contributed by atoms with Crippen LogP contribution in [0.25, 0.3) is 27.6 Å². The van der Waals surface area contributed by atoms with Gasteiger partial charge in [-0.3, -0.25) is 9.41 Å². The summed E-state index contributed by atoms with van der Waals surface area (Å²) in [4.78, 5) is 4.77. The van der Waals surface area contributed by atoms with Crippen LogP contribution in [0.4, 0.5) is 0 Å². The lowest BCUT2D eigenvalue weighted by Crippen LogP contribution is -2.34. The van der Waals surface area contributed by atoms with Crippen molar-refractivity contribution in [3.05, 3.63) is 60.2 Å². The average Bonchev–Trinajstić information content (AvgIpc) is 3.07. The van der Waals surface area contributed by atoms with Gasteiger partial charge in [0.1, 0.15) is 5.65 Å². The number of pyridine rings is 1. The zero-order valence-electron chi connectivity index (χ0n) is 14.3. The quantitative estimate of drug-likeness (QED) is 0.448. The minimum absolute atomic E-state index is 0.510. The molecule has 0 bridgehead atoms. The van der Waals surface area contributed by atoms with Gasteiger partial charge in [0.05, 0.1) is 42.9 Å². The molecular formula is C20H19N5O. The van der Waals surface area contributed by atoms with Gasteiger partial charge in [-0.1, -0.05) is 18.2 Å². The number of morpholine rings is 1. The van der Waals surface area contributed by atoms with Gasteiger partial charge in [0.15, 0.2) is 5.84 Å². The molecular weight excluding hydrogens is 326 g/mol. The van der Waals surface area contributed by atoms with Crippen molar-refractivity contribution in [1.29, 1.82) is 0 Å². The van der Waals surface area contributed by atoms with Gasteiger partial charge in [0, 0.05) is 5.56 Å². The molecule has 2 N–H and O–H groups in total. The molecule has 1 aliphatic rings. The Morgan fingerprint density at radius 1 is 1.00 bits per heavy atom. The lowest BCUT2D eigenvalue weighted by molar-refractivity contribution is 0.0393. The van der Waals surface area contributed by atoms with Crippen LogP contribution in [0.2, 0.25) is 0 Å². The number of nitrogens with zero attached hydrogens (tertiary/aromatic N) is 4. The fraction of sp³-hybridized carbons (Fsp3) is 0.200. The highest BCUT2D eigenvalue weighted by molar-refractivity contribution is 6.01. The van der Waals surface area contributed by atoms with Gasteiger partial charge >= 0.3 is 0 Å². The Balaban J connectivity index is 1.62. The van der Waals surface area contributed by atoms with Gasteiger partial charge in [-0.2, -0.15) is 5.10 Å². The highest BCUT2D eigenvalue weighted by atomic mass is 16.5. The standard InChI is InChI=1S/C20H19N5O/c21-20(23-24-9-11-26-12-10-24)15-5-7-18-16(13-15)22-19-8-6-14-3-1-2-4-17(14)25(18)19/h1-8,13H,9-12H2,(H2,21,23). The van der Waals surface area contributed by atoms with E-state index >= 15 is 0 Å². The Hall–Kier alpha value is -3.12. The molecule has 3 heterocycles. The maximum atomic E-state index is 6.23. The van der Waals surface area contributed by atoms with Crippen LogP contribution in [-0.4, -0.2) is 46.5 Å². The Kier molecular flexibility index (Phi) is 3.50. The molecule has 0 aliphatic carbocycles. The molecule has 0 radical (unpaired) electrons. The van der Waals surface area contributed by atoms with Crippen LogP contribution in [0.3, 0.4) is 0 Å². The van der Waals surface area contributed by atoms with Crippen molar-refractivity contribution in [2.24, 2.45) is 10.8 Å². The van der Waals surface area contributed by atoms with Crippen LogP contribution >= 0.6 is 0 Å². The molecule has 2 aromatic carbocycles. The zero-order valence-corrected chi connectivity index (χ0v) is 14.3. The molecule has 5 rings (SSSR count). The third-order valence-electron chi connectivity index (χ3n) is 4.80. The summed E-state index contributed by atoms with van der Waals surface area (Å²) in [6.07, 6.45) is 0. The molecule has 2 aromatic heterocycles. The minimum Gasteiger partial charge on any atom is -0.382 e. The predicted octanol–water partition coefficient (Wildman–Crippen LogP) is 2.59. The predicted molar refractivity (Wildman–Crippen MR) is 103 cm³/mol. The number of nitrogens with two attached hydrogens (primary N) is 1. The molecule has 0 atom stereocenters. The molecule has 26 heavy (non-hydrogen) atoms. The monoisotopic (exact) mass is 345 g/mol.